The molecule has 0 bridgehead atoms. The highest BCUT2D eigenvalue weighted by Gasteiger charge is 2.46. The van der Waals surface area contributed by atoms with Crippen molar-refractivity contribution < 1.29 is 41.9 Å². The number of carbonyl (C=O) groups is 5. The number of nitrogens with zero attached hydrogens (tertiary/aromatic N) is 11. The Labute approximate surface area is 501 Å². The monoisotopic (exact) mass is 1200 g/mol. The van der Waals surface area contributed by atoms with E-state index in [0.29, 0.717) is 91.3 Å². The van der Waals surface area contributed by atoms with E-state index in [1.807, 2.05) is 56.0 Å². The minimum Gasteiger partial charge on any atom is -0.491 e. The fraction of sp³-hybridized carbons (Fsp3) is 0.517. The van der Waals surface area contributed by atoms with Crippen LogP contribution >= 0.6 is 0 Å². The smallest absolute Gasteiger partial charge is 0.410 e. The molecule has 1 unspecified atom stereocenters. The molecule has 26 heteroatoms. The summed E-state index contributed by atoms with van der Waals surface area (Å²) >= 11 is 0. The number of hydrogen-bond acceptors (Lipinski definition) is 18. The number of aromatic amines is 1. The first-order valence-electron chi connectivity index (χ1n) is 29.3. The van der Waals surface area contributed by atoms with Crippen LogP contribution in [0.25, 0.3) is 16.6 Å². The molecule has 4 atom stereocenters. The zero-order chi connectivity index (χ0) is 61.8. The summed E-state index contributed by atoms with van der Waals surface area (Å²) in [5.74, 6) is -0.269. The molecule has 9 rings (SSSR count). The number of likely N-dealkylation sites (N-methyl/N-ethyl adjacent to an activating group) is 1. The molecule has 0 radical (unpaired) electrons. The Morgan fingerprint density at radius 3 is 2.22 bits per heavy atom. The van der Waals surface area contributed by atoms with Gasteiger partial charge in [-0.15, -0.1) is 0 Å². The van der Waals surface area contributed by atoms with Gasteiger partial charge in [-0.25, -0.2) is 37.8 Å². The second-order valence-corrected chi connectivity index (χ2v) is 27.2. The van der Waals surface area contributed by atoms with Crippen molar-refractivity contribution in [2.45, 2.75) is 147 Å². The summed E-state index contributed by atoms with van der Waals surface area (Å²) in [6, 6.07) is 10.5. The SMILES string of the molecule is Cc1cc(NC(=O)[C@@H]2C[C@H](NC(=O)c3cnc(N4CCN(CCOc5cc6ncnc(Nc7n[nH]c(C)c7C)c6cc5S(=O)(=O)C(C)(C)C)CC4)nc3)CN2C(=O)C(NC(=O)[C@H](C)N(C)C(=O)OC(C)(C)C)C2CCCCC2)n(-c2ccccc2)n1. The van der Waals surface area contributed by atoms with Crippen LogP contribution in [0.3, 0.4) is 0 Å². The van der Waals surface area contributed by atoms with E-state index in [4.69, 9.17) is 9.47 Å². The van der Waals surface area contributed by atoms with Crippen LogP contribution in [0.15, 0.2) is 72.1 Å². The molecular weight excluding hydrogens is 1120 g/mol. The molecule has 0 spiro atoms. The van der Waals surface area contributed by atoms with Gasteiger partial charge in [-0.1, -0.05) is 37.5 Å². The lowest BCUT2D eigenvalue weighted by Gasteiger charge is -2.36. The number of piperazine rings is 1. The Morgan fingerprint density at radius 1 is 0.872 bits per heavy atom. The van der Waals surface area contributed by atoms with Crippen molar-refractivity contribution in [3.8, 4) is 11.4 Å². The number of carbonyl (C=O) groups excluding carboxylic acids is 5. The van der Waals surface area contributed by atoms with Crippen LogP contribution in [0.1, 0.15) is 114 Å². The predicted molar refractivity (Wildman–Crippen MR) is 324 cm³/mol. The number of aromatic nitrogens is 8. The zero-order valence-electron chi connectivity index (χ0n) is 50.9. The van der Waals surface area contributed by atoms with Crippen molar-refractivity contribution in [3.63, 3.8) is 0 Å². The number of benzene rings is 2. The third-order valence-corrected chi connectivity index (χ3v) is 18.7. The van der Waals surface area contributed by atoms with Gasteiger partial charge >= 0.3 is 6.09 Å². The number of aryl methyl sites for hydroxylation is 2. The van der Waals surface area contributed by atoms with E-state index < -0.39 is 74.1 Å². The minimum atomic E-state index is -3.89. The van der Waals surface area contributed by atoms with Crippen LogP contribution in [0.5, 0.6) is 5.75 Å². The lowest BCUT2D eigenvalue weighted by atomic mass is 9.83. The number of nitrogens with one attached hydrogen (secondary N) is 5. The van der Waals surface area contributed by atoms with E-state index in [-0.39, 0.29) is 41.7 Å². The molecule has 3 fully saturated rings. The van der Waals surface area contributed by atoms with Crippen molar-refractivity contribution in [1.82, 2.24) is 65.2 Å². The highest BCUT2D eigenvalue weighted by molar-refractivity contribution is 7.92. The van der Waals surface area contributed by atoms with Crippen molar-refractivity contribution in [3.05, 3.63) is 89.8 Å². The summed E-state index contributed by atoms with van der Waals surface area (Å²) in [6.45, 7) is 20.4. The Kier molecular flexibility index (Phi) is 18.6. The van der Waals surface area contributed by atoms with Crippen LogP contribution < -0.4 is 30.9 Å². The Bertz CT molecular complexity index is 3550. The molecule has 460 valence electrons. The summed E-state index contributed by atoms with van der Waals surface area (Å²) in [5, 5.41) is 24.7. The second-order valence-electron chi connectivity index (χ2n) is 24.5. The summed E-state index contributed by atoms with van der Waals surface area (Å²) < 4.78 is 40.5. The van der Waals surface area contributed by atoms with E-state index >= 15 is 4.79 Å². The maximum atomic E-state index is 15.2. The van der Waals surface area contributed by atoms with E-state index in [1.165, 1.54) is 35.6 Å². The van der Waals surface area contributed by atoms with Crippen LogP contribution in [0.4, 0.5) is 28.2 Å². The van der Waals surface area contributed by atoms with E-state index in [0.717, 1.165) is 30.5 Å². The summed E-state index contributed by atoms with van der Waals surface area (Å²) in [5.41, 5.74) is 3.03. The van der Waals surface area contributed by atoms with Crippen molar-refractivity contribution in [1.29, 1.82) is 0 Å². The van der Waals surface area contributed by atoms with Gasteiger partial charge in [0.2, 0.25) is 23.7 Å². The molecule has 25 nitrogen and oxygen atoms in total. The van der Waals surface area contributed by atoms with Gasteiger partial charge in [-0.2, -0.15) is 10.2 Å². The van der Waals surface area contributed by atoms with Crippen molar-refractivity contribution in [2.24, 2.45) is 5.92 Å². The number of amides is 5. The fourth-order valence-corrected chi connectivity index (χ4v) is 12.1. The van der Waals surface area contributed by atoms with E-state index in [2.05, 4.69) is 61.4 Å². The quantitative estimate of drug-likeness (QED) is 0.0619. The van der Waals surface area contributed by atoms with Crippen LogP contribution in [-0.2, 0) is 29.0 Å². The zero-order valence-corrected chi connectivity index (χ0v) is 51.7. The van der Waals surface area contributed by atoms with Gasteiger partial charge in [0.05, 0.1) is 27.2 Å². The van der Waals surface area contributed by atoms with Gasteiger partial charge in [-0.3, -0.25) is 34.1 Å². The van der Waals surface area contributed by atoms with E-state index in [1.54, 1.807) is 71.3 Å². The normalized spacial score (nSPS) is 17.8. The topological polar surface area (TPSA) is 297 Å². The largest absolute Gasteiger partial charge is 0.491 e. The first-order chi connectivity index (χ1) is 40.8. The molecule has 5 N–H and O–H groups in total. The number of rotatable bonds is 18. The first kappa shape index (κ1) is 62.3. The van der Waals surface area contributed by atoms with Gasteiger partial charge in [-0.05, 0) is 113 Å². The molecule has 2 aromatic carbocycles. The van der Waals surface area contributed by atoms with Crippen LogP contribution in [0.2, 0.25) is 0 Å². The Morgan fingerprint density at radius 2 is 1.57 bits per heavy atom. The van der Waals surface area contributed by atoms with Gasteiger partial charge in [0, 0.05) is 93.5 Å². The molecular formula is C60H80N16O9S. The van der Waals surface area contributed by atoms with Crippen molar-refractivity contribution in [2.75, 3.05) is 68.5 Å². The van der Waals surface area contributed by atoms with Crippen LogP contribution in [-0.4, -0.2) is 180 Å². The average molecular weight is 1200 g/mol. The van der Waals surface area contributed by atoms with E-state index in [9.17, 15) is 27.6 Å². The number of anilines is 4. The third-order valence-electron chi connectivity index (χ3n) is 16.1. The van der Waals surface area contributed by atoms with Crippen LogP contribution in [0, 0.1) is 26.7 Å². The molecule has 5 amide bonds. The van der Waals surface area contributed by atoms with Gasteiger partial charge in [0.25, 0.3) is 5.91 Å². The molecule has 2 aliphatic heterocycles. The maximum absolute atomic E-state index is 15.2. The third kappa shape index (κ3) is 14.2. The molecule has 1 saturated carbocycles. The van der Waals surface area contributed by atoms with Crippen molar-refractivity contribution >= 4 is 73.9 Å². The minimum absolute atomic E-state index is 0.0369. The molecule has 6 heterocycles. The first-order valence-corrected chi connectivity index (χ1v) is 30.8. The molecule has 6 aromatic rings. The number of para-hydroxylation sites is 1. The number of likely N-dealkylation sites (tertiary alicyclic amines) is 1. The number of H-pyrrole nitrogens is 1. The molecule has 2 saturated heterocycles. The maximum Gasteiger partial charge on any atom is 0.410 e. The number of sulfone groups is 1. The lowest BCUT2D eigenvalue weighted by molar-refractivity contribution is -0.142. The summed E-state index contributed by atoms with van der Waals surface area (Å²) in [7, 11) is -2.42. The molecule has 1 aliphatic carbocycles. The average Bonchev–Trinajstić information content (AvgIpc) is 2.05. The molecule has 4 aromatic heterocycles. The number of fused-ring (bicyclic) bond motifs is 1. The second kappa shape index (κ2) is 25.8. The Hall–Kier alpha value is -8.26. The highest BCUT2D eigenvalue weighted by Crippen LogP contribution is 2.38. The lowest BCUT2D eigenvalue weighted by Crippen LogP contribution is -2.58. The molecule has 86 heavy (non-hydrogen) atoms. The summed E-state index contributed by atoms with van der Waals surface area (Å²) in [4.78, 5) is 96.0. The van der Waals surface area contributed by atoms with Gasteiger partial charge < -0.3 is 40.5 Å². The number of ether oxygens (including phenoxy) is 2. The highest BCUT2D eigenvalue weighted by atomic mass is 32.2. The number of hydrogen-bond donors (Lipinski definition) is 5. The van der Waals surface area contributed by atoms with Gasteiger partial charge in [0.15, 0.2) is 15.7 Å². The summed E-state index contributed by atoms with van der Waals surface area (Å²) in [6.07, 6.45) is 7.69. The van der Waals surface area contributed by atoms with Gasteiger partial charge in [0.1, 0.15) is 58.9 Å². The standard InChI is InChI=1S/C60H80N16O9S/c1-36-28-49(76(71-36)43-20-16-13-17-21-43)66-55(79)46-29-42(34-75(46)56(80)50(40-18-14-12-15-19-40)67-53(77)39(4)72(11)58(81)85-59(5,6)7)65-54(78)41-32-61-57(62-33-41)74-24-22-73(23-25-74)26-27-84-47-31-45-44(30-48(47)86(82,83)60(8,9)10)52(64-35-63-45)68-51-37(2)38(3)69-70-51/h13,16-17,20-21,28,30-33,35,39-40,42,46,50H,12,14-15,18-19,22-27,29,34H2,1-11H3,(H,65,78)(H,66,79)(H,67,77)(H2,63,64,68,69,70)/t39-,42-,46-,50?/m0/s1. The molecule has 3 aliphatic rings. The Balaban J connectivity index is 0.856. The predicted octanol–water partition coefficient (Wildman–Crippen LogP) is 6.43. The fourth-order valence-electron chi connectivity index (χ4n) is 10.8.